The summed E-state index contributed by atoms with van der Waals surface area (Å²) >= 11 is 0. The number of carboxylic acids is 1. The zero-order valence-electron chi connectivity index (χ0n) is 19.8. The molecule has 3 rings (SSSR count). The third-order valence-corrected chi connectivity index (χ3v) is 5.74. The van der Waals surface area contributed by atoms with Crippen LogP contribution in [-0.4, -0.2) is 101 Å². The first-order chi connectivity index (χ1) is 18.0. The van der Waals surface area contributed by atoms with Gasteiger partial charge in [0.05, 0.1) is 36.9 Å². The van der Waals surface area contributed by atoms with E-state index in [1.807, 2.05) is 5.32 Å². The van der Waals surface area contributed by atoms with Crippen molar-refractivity contribution in [3.8, 4) is 0 Å². The van der Waals surface area contributed by atoms with Gasteiger partial charge in [-0.25, -0.2) is 4.79 Å². The number of carboxylic acid groups (broad SMARTS) is 1. The van der Waals surface area contributed by atoms with Crippen molar-refractivity contribution in [3.63, 3.8) is 0 Å². The van der Waals surface area contributed by atoms with Gasteiger partial charge in [0, 0.05) is 6.54 Å². The van der Waals surface area contributed by atoms with E-state index in [4.69, 9.17) is 5.11 Å². The van der Waals surface area contributed by atoms with Gasteiger partial charge in [0.2, 0.25) is 11.8 Å². The molecule has 16 nitrogen and oxygen atoms in total. The maximum Gasteiger partial charge on any atom is 0.322 e. The summed E-state index contributed by atoms with van der Waals surface area (Å²) in [5.41, 5.74) is 0.354. The van der Waals surface area contributed by atoms with Gasteiger partial charge in [0.15, 0.2) is 0 Å². The van der Waals surface area contributed by atoms with Crippen LogP contribution in [0.15, 0.2) is 24.3 Å². The first-order valence-corrected chi connectivity index (χ1v) is 11.4. The van der Waals surface area contributed by atoms with Crippen LogP contribution in [-0.2, 0) is 28.8 Å². The largest absolute Gasteiger partial charge is 0.481 e. The lowest BCUT2D eigenvalue weighted by molar-refractivity contribution is -0.139. The normalized spacial score (nSPS) is 20.4. The number of carbonyl (C=O) groups is 7. The number of carbonyl (C=O) groups excluding carboxylic acids is 6. The molecule has 1 aromatic rings. The van der Waals surface area contributed by atoms with Crippen LogP contribution in [0, 0.1) is 0 Å². The molecule has 0 spiro atoms. The number of hydrogen-bond donors (Lipinski definition) is 7. The molecule has 16 heteroatoms. The van der Waals surface area contributed by atoms with Gasteiger partial charge in [-0.2, -0.15) is 0 Å². The molecular weight excluding hydrogens is 508 g/mol. The summed E-state index contributed by atoms with van der Waals surface area (Å²) in [7, 11) is 0. The summed E-state index contributed by atoms with van der Waals surface area (Å²) < 4.78 is 0. The van der Waals surface area contributed by atoms with Crippen LogP contribution in [0.4, 0.5) is 16.2 Å². The van der Waals surface area contributed by atoms with Crippen molar-refractivity contribution in [2.45, 2.75) is 37.2 Å². The van der Waals surface area contributed by atoms with Crippen LogP contribution in [0.3, 0.4) is 0 Å². The van der Waals surface area contributed by atoms with Crippen molar-refractivity contribution in [1.29, 1.82) is 0 Å². The molecule has 0 bridgehead atoms. The first kappa shape index (κ1) is 28.0. The zero-order chi connectivity index (χ0) is 28.0. The van der Waals surface area contributed by atoms with Gasteiger partial charge in [-0.1, -0.05) is 12.1 Å². The summed E-state index contributed by atoms with van der Waals surface area (Å²) in [5.74, 6) is -4.55. The standard InChI is InChI=1S/C22H26N6O10/c29-9-11(5-19(34)35)23-17(32)8-28-15-4-2-1-3-14(15)27(18(33)10-30)7-13(21(28)37)24-16(31)6-12-20(36)26-22(38)25-12/h1-4,9,11-13,18,30,33H,5-8,10H2,(H,23,32)(H,24,31)(H,34,35)(H2,25,26,36,38)/t11-,12?,13-,18?/m0/s1. The fourth-order valence-corrected chi connectivity index (χ4v) is 4.03. The van der Waals surface area contributed by atoms with Crippen molar-refractivity contribution in [2.24, 2.45) is 0 Å². The molecule has 1 fully saturated rings. The average Bonchev–Trinajstić information content (AvgIpc) is 3.13. The predicted molar refractivity (Wildman–Crippen MR) is 126 cm³/mol. The lowest BCUT2D eigenvalue weighted by Gasteiger charge is -2.30. The number of aliphatic carboxylic acids is 1. The molecule has 1 aromatic carbocycles. The number of para-hydroxylation sites is 2. The number of anilines is 2. The molecule has 2 aliphatic heterocycles. The highest BCUT2D eigenvalue weighted by atomic mass is 16.4. The quantitative estimate of drug-likeness (QED) is 0.108. The van der Waals surface area contributed by atoms with Crippen LogP contribution in [0.5, 0.6) is 0 Å². The molecule has 2 heterocycles. The average molecular weight is 534 g/mol. The van der Waals surface area contributed by atoms with Crippen LogP contribution in [0.2, 0.25) is 0 Å². The third kappa shape index (κ3) is 6.60. The minimum Gasteiger partial charge on any atom is -0.481 e. The minimum atomic E-state index is -1.51. The van der Waals surface area contributed by atoms with E-state index in [1.54, 1.807) is 12.1 Å². The van der Waals surface area contributed by atoms with E-state index >= 15 is 0 Å². The first-order valence-electron chi connectivity index (χ1n) is 11.4. The topological polar surface area (TPSA) is 235 Å². The second kappa shape index (κ2) is 12.1. The van der Waals surface area contributed by atoms with Gasteiger partial charge < -0.3 is 41.0 Å². The lowest BCUT2D eigenvalue weighted by Crippen LogP contribution is -2.56. The molecule has 0 aliphatic carbocycles. The maximum absolute atomic E-state index is 13.6. The molecular formula is C22H26N6O10. The number of benzene rings is 1. The number of fused-ring (bicyclic) bond motifs is 1. The minimum absolute atomic E-state index is 0.125. The molecule has 0 radical (unpaired) electrons. The van der Waals surface area contributed by atoms with E-state index in [-0.39, 0.29) is 24.2 Å². The second-order valence-electron chi connectivity index (χ2n) is 8.48. The van der Waals surface area contributed by atoms with Gasteiger partial charge in [-0.3, -0.25) is 34.2 Å². The Kier molecular flexibility index (Phi) is 8.93. The van der Waals surface area contributed by atoms with E-state index in [2.05, 4.69) is 16.0 Å². The van der Waals surface area contributed by atoms with Crippen molar-refractivity contribution >= 4 is 53.3 Å². The monoisotopic (exact) mass is 534 g/mol. The molecule has 4 atom stereocenters. The van der Waals surface area contributed by atoms with Gasteiger partial charge in [0.1, 0.15) is 31.1 Å². The number of aldehydes is 1. The number of aliphatic hydroxyl groups is 2. The molecule has 0 aromatic heterocycles. The van der Waals surface area contributed by atoms with Gasteiger partial charge in [-0.05, 0) is 12.1 Å². The number of hydrogen-bond acceptors (Lipinski definition) is 10. The number of urea groups is 1. The Morgan fingerprint density at radius 3 is 2.39 bits per heavy atom. The molecule has 6 amide bonds. The summed E-state index contributed by atoms with van der Waals surface area (Å²) in [6, 6.07) is 1.38. The SMILES string of the molecule is O=C[C@H](CC(=O)O)NC(=O)CN1C(=O)[C@@H](NC(=O)CC2NC(=O)NC2=O)CN(C(O)CO)c2ccccc21. The van der Waals surface area contributed by atoms with E-state index < -0.39 is 86.0 Å². The van der Waals surface area contributed by atoms with E-state index in [1.165, 1.54) is 17.0 Å². The third-order valence-electron chi connectivity index (χ3n) is 5.74. The molecule has 1 saturated heterocycles. The molecule has 2 unspecified atom stereocenters. The Morgan fingerprint density at radius 2 is 1.82 bits per heavy atom. The van der Waals surface area contributed by atoms with Crippen LogP contribution in [0.1, 0.15) is 12.8 Å². The number of amides is 6. The summed E-state index contributed by atoms with van der Waals surface area (Å²) in [6.07, 6.45) is -2.45. The summed E-state index contributed by atoms with van der Waals surface area (Å²) in [4.78, 5) is 86.4. The lowest BCUT2D eigenvalue weighted by atomic mass is 10.1. The predicted octanol–water partition coefficient (Wildman–Crippen LogP) is -3.61. The van der Waals surface area contributed by atoms with Gasteiger partial charge >= 0.3 is 12.0 Å². The number of imide groups is 1. The fourth-order valence-electron chi connectivity index (χ4n) is 4.03. The van der Waals surface area contributed by atoms with E-state index in [0.29, 0.717) is 0 Å². The number of aliphatic hydroxyl groups excluding tert-OH is 2. The molecule has 38 heavy (non-hydrogen) atoms. The van der Waals surface area contributed by atoms with Crippen LogP contribution in [0.25, 0.3) is 0 Å². The summed E-state index contributed by atoms with van der Waals surface area (Å²) in [5, 5.41) is 37.8. The highest BCUT2D eigenvalue weighted by molar-refractivity contribution is 6.08. The Bertz CT molecular complexity index is 1140. The number of nitrogens with one attached hydrogen (secondary N) is 4. The van der Waals surface area contributed by atoms with Crippen molar-refractivity contribution in [2.75, 3.05) is 29.5 Å². The number of rotatable bonds is 11. The second-order valence-corrected chi connectivity index (χ2v) is 8.48. The van der Waals surface area contributed by atoms with Gasteiger partial charge in [-0.15, -0.1) is 0 Å². The van der Waals surface area contributed by atoms with E-state index in [0.717, 1.165) is 4.90 Å². The summed E-state index contributed by atoms with van der Waals surface area (Å²) in [6.45, 7) is -1.77. The Labute approximate surface area is 214 Å². The Morgan fingerprint density at radius 1 is 1.13 bits per heavy atom. The van der Waals surface area contributed by atoms with Gasteiger partial charge in [0.25, 0.3) is 11.8 Å². The zero-order valence-corrected chi connectivity index (χ0v) is 19.8. The smallest absolute Gasteiger partial charge is 0.322 e. The van der Waals surface area contributed by atoms with E-state index in [9.17, 15) is 43.8 Å². The molecule has 7 N–H and O–H groups in total. The van der Waals surface area contributed by atoms with Crippen molar-refractivity contribution in [1.82, 2.24) is 21.3 Å². The van der Waals surface area contributed by atoms with Crippen molar-refractivity contribution in [3.05, 3.63) is 24.3 Å². The molecule has 2 aliphatic rings. The highest BCUT2D eigenvalue weighted by Gasteiger charge is 2.39. The fraction of sp³-hybridized carbons (Fsp3) is 0.409. The number of nitrogens with zero attached hydrogens (tertiary/aromatic N) is 2. The van der Waals surface area contributed by atoms with Crippen molar-refractivity contribution < 1.29 is 48.9 Å². The Hall–Kier alpha value is -4.57. The van der Waals surface area contributed by atoms with Crippen LogP contribution >= 0.6 is 0 Å². The molecule has 0 saturated carbocycles. The maximum atomic E-state index is 13.6. The highest BCUT2D eigenvalue weighted by Crippen LogP contribution is 2.33. The molecule has 204 valence electrons. The van der Waals surface area contributed by atoms with Crippen LogP contribution < -0.4 is 31.1 Å². The Balaban J connectivity index is 1.88.